The minimum atomic E-state index is -1.28. The van der Waals surface area contributed by atoms with Crippen molar-refractivity contribution in [2.24, 2.45) is 0 Å². The van der Waals surface area contributed by atoms with E-state index in [1.165, 1.54) is 34.3 Å². The zero-order valence-corrected chi connectivity index (χ0v) is 23.9. The van der Waals surface area contributed by atoms with Gasteiger partial charge in [-0.2, -0.15) is 0 Å². The summed E-state index contributed by atoms with van der Waals surface area (Å²) >= 11 is 1.49. The molecule has 1 aromatic heterocycles. The van der Waals surface area contributed by atoms with Gasteiger partial charge in [-0.3, -0.25) is 9.59 Å². The van der Waals surface area contributed by atoms with Crippen molar-refractivity contribution in [1.82, 2.24) is 9.58 Å². The highest BCUT2D eigenvalue weighted by Gasteiger charge is 2.39. The van der Waals surface area contributed by atoms with Gasteiger partial charge in [-0.1, -0.05) is 12.2 Å². The number of thioether (sulfide) groups is 1. The minimum absolute atomic E-state index is 0.0738. The van der Waals surface area contributed by atoms with E-state index in [9.17, 15) is 14.4 Å². The Balaban J connectivity index is 1.52. The molecule has 13 heteroatoms. The van der Waals surface area contributed by atoms with E-state index < -0.39 is 41.6 Å². The molecule has 2 aromatic rings. The Morgan fingerprint density at radius 2 is 2.10 bits per heavy atom. The zero-order valence-electron chi connectivity index (χ0n) is 23.0. The van der Waals surface area contributed by atoms with Crippen molar-refractivity contribution in [1.29, 1.82) is 0 Å². The molecule has 0 saturated carbocycles. The Bertz CT molecular complexity index is 1590. The van der Waals surface area contributed by atoms with Crippen LogP contribution in [0, 0.1) is 11.6 Å². The summed E-state index contributed by atoms with van der Waals surface area (Å²) in [5.74, 6) is -2.63. The third-order valence-corrected chi connectivity index (χ3v) is 8.78. The van der Waals surface area contributed by atoms with Gasteiger partial charge in [0.25, 0.3) is 5.91 Å². The van der Waals surface area contributed by atoms with E-state index in [0.717, 1.165) is 29.4 Å². The second-order valence-electron chi connectivity index (χ2n) is 10.1. The van der Waals surface area contributed by atoms with Crippen LogP contribution in [0.5, 0.6) is 5.75 Å². The first-order valence-electron chi connectivity index (χ1n) is 13.7. The van der Waals surface area contributed by atoms with Crippen LogP contribution < -0.4 is 15.6 Å². The van der Waals surface area contributed by atoms with E-state index in [2.05, 4.69) is 11.5 Å². The largest absolute Gasteiger partial charge is 0.511 e. The van der Waals surface area contributed by atoms with Crippen LogP contribution in [-0.4, -0.2) is 60.5 Å². The Labute approximate surface area is 244 Å². The Hall–Kier alpha value is -3.84. The number of aromatic nitrogens is 1. The molecule has 3 aliphatic heterocycles. The zero-order chi connectivity index (χ0) is 29.5. The summed E-state index contributed by atoms with van der Waals surface area (Å²) in [4.78, 5) is 42.0. The second kappa shape index (κ2) is 11.4. The molecule has 4 heterocycles. The highest BCUT2D eigenvalue weighted by atomic mass is 32.2. The maximum atomic E-state index is 15.2. The van der Waals surface area contributed by atoms with Crippen molar-refractivity contribution in [3.05, 3.63) is 73.4 Å². The summed E-state index contributed by atoms with van der Waals surface area (Å²) in [6.07, 6.45) is 3.23. The van der Waals surface area contributed by atoms with Crippen molar-refractivity contribution in [2.45, 2.75) is 51.3 Å². The number of allylic oxidation sites excluding steroid dienone is 4. The van der Waals surface area contributed by atoms with Crippen molar-refractivity contribution < 1.29 is 37.3 Å². The van der Waals surface area contributed by atoms with Gasteiger partial charge in [0, 0.05) is 36.4 Å². The number of hydrogen-bond donors (Lipinski definition) is 1. The number of hydrogen-bond acceptors (Lipinski definition) is 9. The number of morpholine rings is 1. The fourth-order valence-corrected chi connectivity index (χ4v) is 6.82. The Morgan fingerprint density at radius 3 is 2.90 bits per heavy atom. The lowest BCUT2D eigenvalue weighted by atomic mass is 9.90. The van der Waals surface area contributed by atoms with Gasteiger partial charge in [-0.25, -0.2) is 18.3 Å². The number of benzene rings is 1. The Morgan fingerprint density at radius 1 is 1.26 bits per heavy atom. The number of amides is 1. The number of rotatable bonds is 5. The third kappa shape index (κ3) is 5.04. The molecule has 42 heavy (non-hydrogen) atoms. The SMILES string of the molecule is CCOC(=O)OC(C)Oc1c2n(c(-c3cc(F)c(F)c4c3CC3=C(CCC=C3)SC4)cc1=O)NC1COCCN1C2=O. The summed E-state index contributed by atoms with van der Waals surface area (Å²) < 4.78 is 52.9. The van der Waals surface area contributed by atoms with Crippen LogP contribution in [0.25, 0.3) is 11.3 Å². The predicted octanol–water partition coefficient (Wildman–Crippen LogP) is 4.44. The molecule has 2 atom stereocenters. The van der Waals surface area contributed by atoms with E-state index in [1.807, 2.05) is 6.08 Å². The van der Waals surface area contributed by atoms with Gasteiger partial charge in [0.05, 0.1) is 25.5 Å². The molecule has 6 rings (SSSR count). The van der Waals surface area contributed by atoms with Gasteiger partial charge in [0.15, 0.2) is 17.3 Å². The number of fused-ring (bicyclic) bond motifs is 3. The first kappa shape index (κ1) is 28.3. The summed E-state index contributed by atoms with van der Waals surface area (Å²) in [6, 6.07) is 2.29. The molecule has 10 nitrogen and oxygen atoms in total. The van der Waals surface area contributed by atoms with Crippen LogP contribution in [0.2, 0.25) is 0 Å². The van der Waals surface area contributed by atoms with Crippen LogP contribution in [0.4, 0.5) is 13.6 Å². The maximum Gasteiger partial charge on any atom is 0.511 e. The smallest absolute Gasteiger partial charge is 0.448 e. The van der Waals surface area contributed by atoms with Crippen molar-refractivity contribution in [3.63, 3.8) is 0 Å². The molecular weight excluding hydrogens is 572 g/mol. The Kier molecular flexibility index (Phi) is 7.71. The first-order valence-corrected chi connectivity index (χ1v) is 14.7. The summed E-state index contributed by atoms with van der Waals surface area (Å²) in [5.41, 5.74) is 4.58. The van der Waals surface area contributed by atoms with Crippen molar-refractivity contribution in [3.8, 4) is 17.0 Å². The lowest BCUT2D eigenvalue weighted by molar-refractivity contribution is -0.0534. The topological polar surface area (TPSA) is 108 Å². The van der Waals surface area contributed by atoms with Gasteiger partial charge >= 0.3 is 6.16 Å². The number of halogens is 2. The van der Waals surface area contributed by atoms with Gasteiger partial charge < -0.3 is 29.3 Å². The molecule has 222 valence electrons. The first-order chi connectivity index (χ1) is 20.3. The highest BCUT2D eigenvalue weighted by molar-refractivity contribution is 8.02. The average molecular weight is 602 g/mol. The molecule has 1 saturated heterocycles. The van der Waals surface area contributed by atoms with Gasteiger partial charge in [0.2, 0.25) is 17.5 Å². The van der Waals surface area contributed by atoms with E-state index in [1.54, 1.807) is 6.92 Å². The van der Waals surface area contributed by atoms with E-state index >= 15 is 8.78 Å². The quantitative estimate of drug-likeness (QED) is 0.393. The molecule has 2 unspecified atom stereocenters. The molecule has 0 spiro atoms. The molecule has 1 fully saturated rings. The monoisotopic (exact) mass is 601 g/mol. The average Bonchev–Trinajstić information content (AvgIpc) is 3.17. The number of ether oxygens (including phenoxy) is 4. The standard InChI is InChI=1S/C29H29F2N3O7S/c1-3-39-29(37)41-15(2)40-27-22(35)12-21(34-26(27)28(36)33-8-9-38-13-24(33)32-34)18-11-20(30)25(31)19-14-42-23-7-5-4-6-16(23)10-17(18)19/h4,6,11-12,15,24,32H,3,5,7-10,13-14H2,1-2H3. The lowest BCUT2D eigenvalue weighted by Gasteiger charge is -2.42. The number of nitrogens with zero attached hydrogens (tertiary/aromatic N) is 2. The molecule has 0 bridgehead atoms. The molecule has 1 N–H and O–H groups in total. The molecule has 1 aromatic carbocycles. The lowest BCUT2D eigenvalue weighted by Crippen LogP contribution is -2.59. The summed E-state index contributed by atoms with van der Waals surface area (Å²) in [7, 11) is 0. The van der Waals surface area contributed by atoms with Crippen LogP contribution in [0.3, 0.4) is 0 Å². The predicted molar refractivity (Wildman–Crippen MR) is 150 cm³/mol. The normalized spacial score (nSPS) is 20.0. The summed E-state index contributed by atoms with van der Waals surface area (Å²) in [5, 5.41) is 0. The van der Waals surface area contributed by atoms with Crippen molar-refractivity contribution >= 4 is 23.8 Å². The molecule has 0 radical (unpaired) electrons. The molecule has 4 aliphatic rings. The molecular formula is C29H29F2N3O7S. The molecule has 1 amide bonds. The van der Waals surface area contributed by atoms with Crippen LogP contribution >= 0.6 is 11.8 Å². The fraction of sp³-hybridized carbons (Fsp3) is 0.414. The number of nitrogens with one attached hydrogen (secondary N) is 1. The maximum absolute atomic E-state index is 15.2. The van der Waals surface area contributed by atoms with Gasteiger partial charge in [-0.05, 0) is 48.3 Å². The van der Waals surface area contributed by atoms with Crippen molar-refractivity contribution in [2.75, 3.05) is 31.8 Å². The van der Waals surface area contributed by atoms with Crippen LogP contribution in [0.15, 0.2) is 39.6 Å². The van der Waals surface area contributed by atoms with Crippen LogP contribution in [0.1, 0.15) is 48.3 Å². The minimum Gasteiger partial charge on any atom is -0.448 e. The summed E-state index contributed by atoms with van der Waals surface area (Å²) in [6.45, 7) is 3.79. The van der Waals surface area contributed by atoms with E-state index in [4.69, 9.17) is 18.9 Å². The number of pyridine rings is 1. The molecule has 1 aliphatic carbocycles. The number of carbonyl (C=O) groups excluding carboxylic acids is 2. The second-order valence-corrected chi connectivity index (χ2v) is 11.2. The fourth-order valence-electron chi connectivity index (χ4n) is 5.61. The highest BCUT2D eigenvalue weighted by Crippen LogP contribution is 2.42. The number of carbonyl (C=O) groups is 2. The third-order valence-electron chi connectivity index (χ3n) is 7.53. The van der Waals surface area contributed by atoms with E-state index in [0.29, 0.717) is 18.6 Å². The van der Waals surface area contributed by atoms with Gasteiger partial charge in [0.1, 0.15) is 6.17 Å². The van der Waals surface area contributed by atoms with Crippen LogP contribution in [-0.2, 0) is 26.4 Å². The van der Waals surface area contributed by atoms with Gasteiger partial charge in [-0.15, -0.1) is 11.8 Å². The van der Waals surface area contributed by atoms with E-state index in [-0.39, 0.29) is 53.8 Å².